The summed E-state index contributed by atoms with van der Waals surface area (Å²) < 4.78 is 37.4. The monoisotopic (exact) mass is 448 g/mol. The van der Waals surface area contributed by atoms with Crippen molar-refractivity contribution in [1.82, 2.24) is 4.72 Å². The Labute approximate surface area is 183 Å². The first kappa shape index (κ1) is 24.4. The van der Waals surface area contributed by atoms with E-state index in [1.54, 1.807) is 0 Å². The molecule has 2 atom stereocenters. The number of esters is 1. The van der Waals surface area contributed by atoms with E-state index in [4.69, 9.17) is 9.47 Å². The third kappa shape index (κ3) is 6.28. The van der Waals surface area contributed by atoms with Gasteiger partial charge < -0.3 is 14.8 Å². The number of benzene rings is 2. The van der Waals surface area contributed by atoms with Gasteiger partial charge in [-0.1, -0.05) is 17.7 Å². The molecule has 0 radical (unpaired) electrons. The summed E-state index contributed by atoms with van der Waals surface area (Å²) in [7, 11) is -2.49. The Morgan fingerprint density at radius 3 is 2.03 bits per heavy atom. The van der Waals surface area contributed by atoms with Crippen LogP contribution in [-0.2, 0) is 24.3 Å². The van der Waals surface area contributed by atoms with Gasteiger partial charge in [0.1, 0.15) is 11.8 Å². The first-order valence-corrected chi connectivity index (χ1v) is 11.2. The van der Waals surface area contributed by atoms with Gasteiger partial charge in [0, 0.05) is 5.69 Å². The summed E-state index contributed by atoms with van der Waals surface area (Å²) in [5.74, 6) is -0.865. The zero-order valence-electron chi connectivity index (χ0n) is 18.5. The second-order valence-electron chi connectivity index (χ2n) is 7.36. The number of anilines is 1. The molecule has 168 valence electrons. The van der Waals surface area contributed by atoms with Crippen LogP contribution in [0.15, 0.2) is 41.3 Å². The number of nitrogens with one attached hydrogen (secondary N) is 2. The molecule has 0 fully saturated rings. The van der Waals surface area contributed by atoms with Gasteiger partial charge in [0.05, 0.1) is 12.0 Å². The largest absolute Gasteiger partial charge is 0.497 e. The molecule has 2 aromatic rings. The maximum absolute atomic E-state index is 12.5. The Morgan fingerprint density at radius 2 is 1.52 bits per heavy atom. The molecule has 0 aliphatic heterocycles. The first-order chi connectivity index (χ1) is 14.4. The Bertz CT molecular complexity index is 1040. The van der Waals surface area contributed by atoms with Crippen molar-refractivity contribution in [3.05, 3.63) is 53.1 Å². The van der Waals surface area contributed by atoms with Gasteiger partial charge in [-0.05, 0) is 70.0 Å². The Hall–Kier alpha value is -2.91. The molecule has 31 heavy (non-hydrogen) atoms. The minimum atomic E-state index is -3.96. The van der Waals surface area contributed by atoms with Crippen molar-refractivity contribution < 1.29 is 27.5 Å². The van der Waals surface area contributed by atoms with Crippen LogP contribution in [0.2, 0.25) is 0 Å². The number of hydrogen-bond acceptors (Lipinski definition) is 6. The van der Waals surface area contributed by atoms with Gasteiger partial charge in [0.25, 0.3) is 5.91 Å². The van der Waals surface area contributed by atoms with Crippen molar-refractivity contribution >= 4 is 27.6 Å². The molecule has 2 rings (SSSR count). The number of sulfonamides is 1. The van der Waals surface area contributed by atoms with E-state index in [0.29, 0.717) is 11.4 Å². The van der Waals surface area contributed by atoms with Crippen molar-refractivity contribution in [3.63, 3.8) is 0 Å². The van der Waals surface area contributed by atoms with Gasteiger partial charge in [-0.25, -0.2) is 8.42 Å². The van der Waals surface area contributed by atoms with E-state index >= 15 is 0 Å². The number of hydrogen-bond donors (Lipinski definition) is 2. The van der Waals surface area contributed by atoms with Crippen molar-refractivity contribution in [1.29, 1.82) is 0 Å². The number of rotatable bonds is 8. The van der Waals surface area contributed by atoms with Crippen molar-refractivity contribution in [2.45, 2.75) is 51.7 Å². The fourth-order valence-corrected chi connectivity index (χ4v) is 4.23. The van der Waals surface area contributed by atoms with E-state index in [9.17, 15) is 18.0 Å². The zero-order chi connectivity index (χ0) is 23.3. The molecule has 0 saturated carbocycles. The van der Waals surface area contributed by atoms with Gasteiger partial charge in [-0.3, -0.25) is 9.59 Å². The highest BCUT2D eigenvalue weighted by Crippen LogP contribution is 2.22. The van der Waals surface area contributed by atoms with E-state index in [0.717, 1.165) is 16.7 Å². The fourth-order valence-electron chi connectivity index (χ4n) is 3.04. The lowest BCUT2D eigenvalue weighted by Gasteiger charge is -2.19. The molecule has 2 unspecified atom stereocenters. The van der Waals surface area contributed by atoms with Crippen LogP contribution in [0.5, 0.6) is 5.75 Å². The van der Waals surface area contributed by atoms with Crippen molar-refractivity contribution in [2.75, 3.05) is 12.4 Å². The summed E-state index contributed by atoms with van der Waals surface area (Å²) >= 11 is 0. The molecule has 0 spiro atoms. The standard InChI is InChI=1S/C22H28N2O6S/c1-13-11-14(2)20(15(3)12-13)23-21(25)17(5)30-22(26)16(4)24-31(27,28)19-9-7-18(29-6)8-10-19/h7-12,16-17,24H,1-6H3,(H,23,25). The Balaban J connectivity index is 2.00. The lowest BCUT2D eigenvalue weighted by molar-refractivity contribution is -0.154. The summed E-state index contributed by atoms with van der Waals surface area (Å²) in [6.45, 7) is 8.49. The number of amides is 1. The number of carbonyl (C=O) groups excluding carboxylic acids is 2. The SMILES string of the molecule is COc1ccc(S(=O)(=O)NC(C)C(=O)OC(C)C(=O)Nc2c(C)cc(C)cc2C)cc1. The average Bonchev–Trinajstić information content (AvgIpc) is 2.70. The van der Waals surface area contributed by atoms with E-state index in [2.05, 4.69) is 10.0 Å². The molecule has 8 nitrogen and oxygen atoms in total. The van der Waals surface area contributed by atoms with Gasteiger partial charge in [0.15, 0.2) is 6.10 Å². The molecular formula is C22H28N2O6S. The Kier molecular flexibility index (Phi) is 7.80. The molecule has 0 aliphatic rings. The summed E-state index contributed by atoms with van der Waals surface area (Å²) in [6, 6.07) is 8.41. The van der Waals surface area contributed by atoms with Crippen molar-refractivity contribution in [3.8, 4) is 5.75 Å². The molecule has 0 bridgehead atoms. The number of aryl methyl sites for hydroxylation is 3. The van der Waals surface area contributed by atoms with Crippen LogP contribution in [0.3, 0.4) is 0 Å². The zero-order valence-corrected chi connectivity index (χ0v) is 19.3. The van der Waals surface area contributed by atoms with E-state index in [1.807, 2.05) is 32.9 Å². The second kappa shape index (κ2) is 9.93. The predicted molar refractivity (Wildman–Crippen MR) is 118 cm³/mol. The molecule has 9 heteroatoms. The highest BCUT2D eigenvalue weighted by atomic mass is 32.2. The van der Waals surface area contributed by atoms with Crippen LogP contribution < -0.4 is 14.8 Å². The van der Waals surface area contributed by atoms with E-state index in [-0.39, 0.29) is 4.90 Å². The van der Waals surface area contributed by atoms with E-state index < -0.39 is 34.0 Å². The Morgan fingerprint density at radius 1 is 0.968 bits per heavy atom. The normalized spacial score (nSPS) is 13.2. The van der Waals surface area contributed by atoms with Crippen LogP contribution in [0.1, 0.15) is 30.5 Å². The maximum atomic E-state index is 12.5. The van der Waals surface area contributed by atoms with Gasteiger partial charge >= 0.3 is 5.97 Å². The summed E-state index contributed by atoms with van der Waals surface area (Å²) in [5, 5.41) is 2.77. The lowest BCUT2D eigenvalue weighted by Crippen LogP contribution is -2.42. The van der Waals surface area contributed by atoms with Crippen molar-refractivity contribution in [2.24, 2.45) is 0 Å². The topological polar surface area (TPSA) is 111 Å². The predicted octanol–water partition coefficient (Wildman–Crippen LogP) is 2.86. The quantitative estimate of drug-likeness (QED) is 0.601. The fraction of sp³-hybridized carbons (Fsp3) is 0.364. The molecular weight excluding hydrogens is 420 g/mol. The third-order valence-corrected chi connectivity index (χ3v) is 6.20. The summed E-state index contributed by atoms with van der Waals surface area (Å²) in [4.78, 5) is 24.8. The number of ether oxygens (including phenoxy) is 2. The highest BCUT2D eigenvalue weighted by Gasteiger charge is 2.27. The molecule has 0 heterocycles. The molecule has 0 aromatic heterocycles. The molecule has 2 N–H and O–H groups in total. The summed E-state index contributed by atoms with van der Waals surface area (Å²) in [5.41, 5.74) is 3.52. The minimum Gasteiger partial charge on any atom is -0.497 e. The van der Waals surface area contributed by atoms with Crippen LogP contribution in [0.4, 0.5) is 5.69 Å². The average molecular weight is 449 g/mol. The summed E-state index contributed by atoms with van der Waals surface area (Å²) in [6.07, 6.45) is -1.11. The number of carbonyl (C=O) groups is 2. The smallest absolute Gasteiger partial charge is 0.324 e. The molecule has 0 saturated heterocycles. The first-order valence-electron chi connectivity index (χ1n) is 9.70. The van der Waals surface area contributed by atoms with Gasteiger partial charge in [-0.2, -0.15) is 4.72 Å². The van der Waals surface area contributed by atoms with Crippen LogP contribution in [0, 0.1) is 20.8 Å². The second-order valence-corrected chi connectivity index (χ2v) is 9.07. The minimum absolute atomic E-state index is 0.0240. The maximum Gasteiger partial charge on any atom is 0.324 e. The van der Waals surface area contributed by atoms with Crippen LogP contribution in [-0.4, -0.2) is 39.5 Å². The highest BCUT2D eigenvalue weighted by molar-refractivity contribution is 7.89. The molecule has 1 amide bonds. The van der Waals surface area contributed by atoms with Crippen LogP contribution in [0.25, 0.3) is 0 Å². The number of methoxy groups -OCH3 is 1. The lowest BCUT2D eigenvalue weighted by atomic mass is 10.0. The third-order valence-electron chi connectivity index (χ3n) is 4.64. The molecule has 2 aromatic carbocycles. The van der Waals surface area contributed by atoms with Crippen LogP contribution >= 0.6 is 0 Å². The van der Waals surface area contributed by atoms with Gasteiger partial charge in [-0.15, -0.1) is 0 Å². The van der Waals surface area contributed by atoms with Gasteiger partial charge in [0.2, 0.25) is 10.0 Å². The molecule has 0 aliphatic carbocycles. The van der Waals surface area contributed by atoms with E-state index in [1.165, 1.54) is 45.2 Å².